The Morgan fingerprint density at radius 2 is 1.57 bits per heavy atom. The first-order valence-corrected chi connectivity index (χ1v) is 7.41. The molecule has 0 bridgehead atoms. The Morgan fingerprint density at radius 1 is 1.05 bits per heavy atom. The van der Waals surface area contributed by atoms with Crippen LogP contribution in [-0.2, 0) is 19.1 Å². The Hall–Kier alpha value is -1.19. The van der Waals surface area contributed by atoms with Gasteiger partial charge < -0.3 is 14.3 Å². The molecule has 0 rings (SSSR count). The van der Waals surface area contributed by atoms with E-state index in [1.807, 2.05) is 20.8 Å². The minimum absolute atomic E-state index is 0.0690. The van der Waals surface area contributed by atoms with Gasteiger partial charge in [-0.3, -0.25) is 4.79 Å². The summed E-state index contributed by atoms with van der Waals surface area (Å²) in [6.45, 7) is 12.5. The van der Waals surface area contributed by atoms with Crippen molar-refractivity contribution in [1.82, 2.24) is 0 Å². The van der Waals surface area contributed by atoms with E-state index < -0.39 is 0 Å². The van der Waals surface area contributed by atoms with Crippen molar-refractivity contribution in [2.75, 3.05) is 7.11 Å². The van der Waals surface area contributed by atoms with Gasteiger partial charge in [-0.2, -0.15) is 0 Å². The summed E-state index contributed by atoms with van der Waals surface area (Å²) in [4.78, 5) is 31.4. The molecule has 4 nitrogen and oxygen atoms in total. The van der Waals surface area contributed by atoms with E-state index >= 15 is 0 Å². The van der Waals surface area contributed by atoms with Gasteiger partial charge in [-0.1, -0.05) is 41.5 Å². The minimum Gasteiger partial charge on any atom is -0.469 e. The SMILES string of the molecule is CC(C)(C)CCC=O.COC(=O)CC(C=O)CC(C)(C)C. The molecule has 4 heteroatoms. The fraction of sp³-hybridized carbons (Fsp3) is 0.824. The van der Waals surface area contributed by atoms with Crippen LogP contribution in [0.25, 0.3) is 0 Å². The zero-order chi connectivity index (χ0) is 17.1. The summed E-state index contributed by atoms with van der Waals surface area (Å²) in [7, 11) is 1.33. The normalized spacial score (nSPS) is 12.7. The lowest BCUT2D eigenvalue weighted by Crippen LogP contribution is -2.18. The molecule has 0 aromatic rings. The molecule has 0 aromatic heterocycles. The van der Waals surface area contributed by atoms with Crippen LogP contribution in [0, 0.1) is 16.7 Å². The fourth-order valence-electron chi connectivity index (χ4n) is 1.74. The predicted octanol–water partition coefficient (Wildman–Crippen LogP) is 3.81. The maximum atomic E-state index is 10.9. The van der Waals surface area contributed by atoms with Gasteiger partial charge in [-0.05, 0) is 23.7 Å². The average Bonchev–Trinajstić information content (AvgIpc) is 2.33. The molecule has 0 aliphatic heterocycles. The van der Waals surface area contributed by atoms with Crippen LogP contribution in [0.5, 0.6) is 0 Å². The van der Waals surface area contributed by atoms with Crippen LogP contribution in [0.4, 0.5) is 0 Å². The van der Waals surface area contributed by atoms with Crippen LogP contribution < -0.4 is 0 Å². The minimum atomic E-state index is -0.318. The Bertz CT molecular complexity index is 308. The van der Waals surface area contributed by atoms with Crippen LogP contribution in [-0.4, -0.2) is 25.7 Å². The molecule has 1 unspecified atom stereocenters. The van der Waals surface area contributed by atoms with Gasteiger partial charge in [0.1, 0.15) is 12.6 Å². The highest BCUT2D eigenvalue weighted by molar-refractivity contribution is 5.73. The van der Waals surface area contributed by atoms with Crippen LogP contribution in [0.2, 0.25) is 0 Å². The summed E-state index contributed by atoms with van der Waals surface area (Å²) in [5.74, 6) is -0.534. The van der Waals surface area contributed by atoms with Gasteiger partial charge in [0.05, 0.1) is 13.5 Å². The summed E-state index contributed by atoms with van der Waals surface area (Å²) in [6, 6.07) is 0. The summed E-state index contributed by atoms with van der Waals surface area (Å²) in [6.07, 6.45) is 4.41. The Kier molecular flexibility index (Phi) is 11.1. The van der Waals surface area contributed by atoms with Crippen molar-refractivity contribution in [3.8, 4) is 0 Å². The number of carbonyl (C=O) groups is 3. The number of rotatable bonds is 6. The van der Waals surface area contributed by atoms with Gasteiger partial charge in [0, 0.05) is 12.3 Å². The highest BCUT2D eigenvalue weighted by Gasteiger charge is 2.20. The summed E-state index contributed by atoms with van der Waals surface area (Å²) in [5.41, 5.74) is 0.389. The Labute approximate surface area is 129 Å². The van der Waals surface area contributed by atoms with Crippen molar-refractivity contribution < 1.29 is 19.1 Å². The maximum Gasteiger partial charge on any atom is 0.306 e. The van der Waals surface area contributed by atoms with Crippen LogP contribution in [0.1, 0.15) is 67.2 Å². The predicted molar refractivity (Wildman–Crippen MR) is 85.0 cm³/mol. The van der Waals surface area contributed by atoms with E-state index in [9.17, 15) is 14.4 Å². The van der Waals surface area contributed by atoms with E-state index in [1.165, 1.54) is 7.11 Å². The molecule has 0 aliphatic carbocycles. The van der Waals surface area contributed by atoms with E-state index in [2.05, 4.69) is 25.5 Å². The van der Waals surface area contributed by atoms with Crippen LogP contribution >= 0.6 is 0 Å². The zero-order valence-electron chi connectivity index (χ0n) is 14.7. The third-order valence-corrected chi connectivity index (χ3v) is 2.74. The van der Waals surface area contributed by atoms with Gasteiger partial charge in [0.15, 0.2) is 0 Å². The number of aldehydes is 2. The third kappa shape index (κ3) is 18.8. The number of hydrogen-bond donors (Lipinski definition) is 0. The largest absolute Gasteiger partial charge is 0.469 e. The lowest BCUT2D eigenvalue weighted by atomic mass is 9.84. The van der Waals surface area contributed by atoms with Crippen molar-refractivity contribution in [1.29, 1.82) is 0 Å². The molecule has 0 aliphatic rings. The van der Waals surface area contributed by atoms with Crippen molar-refractivity contribution in [3.05, 3.63) is 0 Å². The van der Waals surface area contributed by atoms with Crippen LogP contribution in [0.15, 0.2) is 0 Å². The molecule has 0 saturated carbocycles. The molecule has 0 spiro atoms. The lowest BCUT2D eigenvalue weighted by molar-refractivity contribution is -0.143. The zero-order valence-corrected chi connectivity index (χ0v) is 14.7. The summed E-state index contributed by atoms with van der Waals surface area (Å²) < 4.78 is 4.50. The van der Waals surface area contributed by atoms with Crippen molar-refractivity contribution in [3.63, 3.8) is 0 Å². The number of methoxy groups -OCH3 is 1. The van der Waals surface area contributed by atoms with E-state index in [4.69, 9.17) is 0 Å². The molecule has 0 amide bonds. The molecular weight excluding hydrogens is 268 g/mol. The van der Waals surface area contributed by atoms with E-state index in [1.54, 1.807) is 0 Å². The monoisotopic (exact) mass is 300 g/mol. The number of carbonyl (C=O) groups excluding carboxylic acids is 3. The van der Waals surface area contributed by atoms with Crippen molar-refractivity contribution >= 4 is 18.5 Å². The third-order valence-electron chi connectivity index (χ3n) is 2.74. The Balaban J connectivity index is 0. The second-order valence-corrected chi connectivity index (χ2v) is 7.71. The second-order valence-electron chi connectivity index (χ2n) is 7.71. The summed E-state index contributed by atoms with van der Waals surface area (Å²) >= 11 is 0. The van der Waals surface area contributed by atoms with Crippen molar-refractivity contribution in [2.45, 2.75) is 67.2 Å². The molecule has 124 valence electrons. The topological polar surface area (TPSA) is 60.4 Å². The molecule has 1 atom stereocenters. The number of esters is 1. The highest BCUT2D eigenvalue weighted by Crippen LogP contribution is 2.25. The molecule has 0 heterocycles. The van der Waals surface area contributed by atoms with E-state index in [0.29, 0.717) is 18.3 Å². The van der Waals surface area contributed by atoms with Crippen LogP contribution in [0.3, 0.4) is 0 Å². The first-order chi connectivity index (χ1) is 9.45. The molecule has 0 aromatic carbocycles. The molecule has 21 heavy (non-hydrogen) atoms. The van der Waals surface area contributed by atoms with Gasteiger partial charge >= 0.3 is 5.97 Å². The maximum absolute atomic E-state index is 10.9. The number of ether oxygens (including phenoxy) is 1. The van der Waals surface area contributed by atoms with Gasteiger partial charge in [-0.25, -0.2) is 0 Å². The summed E-state index contributed by atoms with van der Waals surface area (Å²) in [5, 5.41) is 0. The molecule has 0 saturated heterocycles. The lowest BCUT2D eigenvalue weighted by Gasteiger charge is -2.21. The second kappa shape index (κ2) is 10.5. The fourth-order valence-corrected chi connectivity index (χ4v) is 1.74. The molecule has 0 fully saturated rings. The van der Waals surface area contributed by atoms with Crippen molar-refractivity contribution in [2.24, 2.45) is 16.7 Å². The smallest absolute Gasteiger partial charge is 0.306 e. The quantitative estimate of drug-likeness (QED) is 0.553. The highest BCUT2D eigenvalue weighted by atomic mass is 16.5. The van der Waals surface area contributed by atoms with Gasteiger partial charge in [0.25, 0.3) is 0 Å². The standard InChI is InChI=1S/C10H18O3.C7H14O/c1-10(2,3)6-8(7-11)5-9(12)13-4;1-7(2,3)5-4-6-8/h7-8H,5-6H2,1-4H3;6H,4-5H2,1-3H3. The average molecular weight is 300 g/mol. The molecular formula is C17H32O4. The van der Waals surface area contributed by atoms with Gasteiger partial charge in [-0.15, -0.1) is 0 Å². The van der Waals surface area contributed by atoms with E-state index in [0.717, 1.165) is 19.0 Å². The molecule has 0 N–H and O–H groups in total. The first kappa shape index (κ1) is 22.1. The van der Waals surface area contributed by atoms with Gasteiger partial charge in [0.2, 0.25) is 0 Å². The molecule has 0 radical (unpaired) electrons. The van der Waals surface area contributed by atoms with E-state index in [-0.39, 0.29) is 23.7 Å². The first-order valence-electron chi connectivity index (χ1n) is 7.41. The number of hydrogen-bond acceptors (Lipinski definition) is 4. The Morgan fingerprint density at radius 3 is 1.81 bits per heavy atom.